The van der Waals surface area contributed by atoms with Crippen molar-refractivity contribution in [1.29, 1.82) is 0 Å². The van der Waals surface area contributed by atoms with Crippen molar-refractivity contribution in [3.63, 3.8) is 0 Å². The van der Waals surface area contributed by atoms with Crippen LogP contribution in [0.5, 0.6) is 0 Å². The molecule has 1 atom stereocenters. The number of nitrogens with zero attached hydrogens (tertiary/aromatic N) is 1. The maximum atomic E-state index is 11.1. The van der Waals surface area contributed by atoms with Gasteiger partial charge in [-0.2, -0.15) is 0 Å². The van der Waals surface area contributed by atoms with Crippen LogP contribution in [0.2, 0.25) is 0 Å². The Morgan fingerprint density at radius 2 is 2.50 bits per heavy atom. The van der Waals surface area contributed by atoms with Gasteiger partial charge in [-0.3, -0.25) is 4.79 Å². The van der Waals surface area contributed by atoms with Crippen molar-refractivity contribution in [1.82, 2.24) is 10.2 Å². The number of hydrogen-bond donors (Lipinski definition) is 1. The average Bonchev–Trinajstić information content (AvgIpc) is 1.88. The summed E-state index contributed by atoms with van der Waals surface area (Å²) >= 11 is 0. The number of carbonyl (C=O) groups excluding carboxylic acids is 1. The highest BCUT2D eigenvalue weighted by molar-refractivity contribution is 5.79. The van der Waals surface area contributed by atoms with Crippen LogP contribution in [0.4, 0.5) is 0 Å². The molecule has 1 fully saturated rings. The summed E-state index contributed by atoms with van der Waals surface area (Å²) in [6.45, 7) is 6.35. The van der Waals surface area contributed by atoms with Crippen LogP contribution in [0.3, 0.4) is 0 Å². The number of likely N-dealkylation sites (N-methyl/N-ethyl adjacent to an activating group) is 1. The smallest absolute Gasteiger partial charge is 0.236 e. The monoisotopic (exact) mass is 142 g/mol. The van der Waals surface area contributed by atoms with Crippen molar-refractivity contribution in [2.24, 2.45) is 0 Å². The zero-order valence-corrected chi connectivity index (χ0v) is 6.55. The molecule has 3 nitrogen and oxygen atoms in total. The number of piperazine rings is 1. The number of hydrogen-bond acceptors (Lipinski definition) is 2. The Morgan fingerprint density at radius 3 is 2.90 bits per heavy atom. The van der Waals surface area contributed by atoms with E-state index in [1.54, 1.807) is 0 Å². The molecule has 1 aliphatic heterocycles. The molecule has 0 aromatic carbocycles. The van der Waals surface area contributed by atoms with E-state index in [0.717, 1.165) is 13.1 Å². The van der Waals surface area contributed by atoms with Crippen LogP contribution in [0.25, 0.3) is 0 Å². The molecule has 0 aromatic rings. The summed E-state index contributed by atoms with van der Waals surface area (Å²) in [6, 6.07) is 0.367. The Balaban J connectivity index is 2.53. The van der Waals surface area contributed by atoms with Gasteiger partial charge in [0, 0.05) is 19.1 Å². The second-order valence-corrected chi connectivity index (χ2v) is 2.66. The molecule has 0 aliphatic carbocycles. The van der Waals surface area contributed by atoms with Gasteiger partial charge in [-0.15, -0.1) is 0 Å². The van der Waals surface area contributed by atoms with Gasteiger partial charge in [0.25, 0.3) is 0 Å². The predicted molar refractivity (Wildman–Crippen MR) is 39.7 cm³/mol. The molecule has 0 spiro atoms. The standard InChI is InChI=1S/C7H14N2O/c1-3-9-6(2)4-8-5-7(9)10/h6,8H,3-5H2,1-2H3/t6-/m0/s1. The van der Waals surface area contributed by atoms with Crippen molar-refractivity contribution < 1.29 is 4.79 Å². The predicted octanol–water partition coefficient (Wildman–Crippen LogP) is -0.173. The Hall–Kier alpha value is -0.570. The van der Waals surface area contributed by atoms with Gasteiger partial charge in [0.2, 0.25) is 5.91 Å². The lowest BCUT2D eigenvalue weighted by molar-refractivity contribution is -0.134. The van der Waals surface area contributed by atoms with E-state index < -0.39 is 0 Å². The van der Waals surface area contributed by atoms with Crippen molar-refractivity contribution >= 4 is 5.91 Å². The Morgan fingerprint density at radius 1 is 1.80 bits per heavy atom. The molecule has 1 heterocycles. The molecule has 1 N–H and O–H groups in total. The molecular formula is C7H14N2O. The summed E-state index contributed by atoms with van der Waals surface area (Å²) in [6.07, 6.45) is 0. The quantitative estimate of drug-likeness (QED) is 0.551. The molecular weight excluding hydrogens is 128 g/mol. The van der Waals surface area contributed by atoms with Gasteiger partial charge in [0.1, 0.15) is 0 Å². The van der Waals surface area contributed by atoms with Crippen LogP contribution in [-0.2, 0) is 4.79 Å². The molecule has 3 heteroatoms. The summed E-state index contributed by atoms with van der Waals surface area (Å²) < 4.78 is 0. The first kappa shape index (κ1) is 7.54. The zero-order valence-electron chi connectivity index (χ0n) is 6.55. The fourth-order valence-electron chi connectivity index (χ4n) is 1.33. The Labute approximate surface area is 61.4 Å². The van der Waals surface area contributed by atoms with Crippen LogP contribution in [-0.4, -0.2) is 36.5 Å². The van der Waals surface area contributed by atoms with Crippen LogP contribution >= 0.6 is 0 Å². The lowest BCUT2D eigenvalue weighted by Crippen LogP contribution is -2.53. The first-order valence-corrected chi connectivity index (χ1v) is 3.76. The van der Waals surface area contributed by atoms with E-state index in [0.29, 0.717) is 12.6 Å². The maximum absolute atomic E-state index is 11.1. The minimum atomic E-state index is 0.223. The number of amides is 1. The van der Waals surface area contributed by atoms with Crippen molar-refractivity contribution in [3.8, 4) is 0 Å². The van der Waals surface area contributed by atoms with Gasteiger partial charge in [0.15, 0.2) is 0 Å². The molecule has 1 saturated heterocycles. The number of rotatable bonds is 1. The van der Waals surface area contributed by atoms with E-state index in [1.807, 2.05) is 11.8 Å². The van der Waals surface area contributed by atoms with Crippen LogP contribution in [0, 0.1) is 0 Å². The second kappa shape index (κ2) is 3.01. The Bertz CT molecular complexity index is 136. The van der Waals surface area contributed by atoms with Gasteiger partial charge in [-0.05, 0) is 13.8 Å². The van der Waals surface area contributed by atoms with Crippen LogP contribution in [0.15, 0.2) is 0 Å². The van der Waals surface area contributed by atoms with E-state index in [-0.39, 0.29) is 5.91 Å². The fourth-order valence-corrected chi connectivity index (χ4v) is 1.33. The summed E-state index contributed by atoms with van der Waals surface area (Å²) in [5.74, 6) is 0.223. The van der Waals surface area contributed by atoms with Crippen LogP contribution in [0.1, 0.15) is 13.8 Å². The first-order chi connectivity index (χ1) is 4.75. The Kier molecular flexibility index (Phi) is 2.27. The van der Waals surface area contributed by atoms with Crippen molar-refractivity contribution in [3.05, 3.63) is 0 Å². The molecule has 0 aromatic heterocycles. The maximum Gasteiger partial charge on any atom is 0.236 e. The number of carbonyl (C=O) groups is 1. The SMILES string of the molecule is CCN1C(=O)CNC[C@@H]1C. The summed E-state index contributed by atoms with van der Waals surface area (Å²) in [5, 5.41) is 3.06. The molecule has 10 heavy (non-hydrogen) atoms. The lowest BCUT2D eigenvalue weighted by Gasteiger charge is -2.32. The van der Waals surface area contributed by atoms with Gasteiger partial charge in [-0.25, -0.2) is 0 Å². The zero-order chi connectivity index (χ0) is 7.56. The minimum Gasteiger partial charge on any atom is -0.338 e. The van der Waals surface area contributed by atoms with Gasteiger partial charge in [0.05, 0.1) is 6.54 Å². The highest BCUT2D eigenvalue weighted by Crippen LogP contribution is 2.01. The third-order valence-electron chi connectivity index (χ3n) is 1.91. The van der Waals surface area contributed by atoms with Crippen molar-refractivity contribution in [2.75, 3.05) is 19.6 Å². The highest BCUT2D eigenvalue weighted by atomic mass is 16.2. The minimum absolute atomic E-state index is 0.223. The second-order valence-electron chi connectivity index (χ2n) is 2.66. The molecule has 58 valence electrons. The van der Waals surface area contributed by atoms with E-state index in [1.165, 1.54) is 0 Å². The normalized spacial score (nSPS) is 27.2. The summed E-state index contributed by atoms with van der Waals surface area (Å²) in [4.78, 5) is 13.0. The fraction of sp³-hybridized carbons (Fsp3) is 0.857. The van der Waals surface area contributed by atoms with Gasteiger partial charge >= 0.3 is 0 Å². The van der Waals surface area contributed by atoms with Gasteiger partial charge in [-0.1, -0.05) is 0 Å². The molecule has 0 bridgehead atoms. The summed E-state index contributed by atoms with van der Waals surface area (Å²) in [5.41, 5.74) is 0. The highest BCUT2D eigenvalue weighted by Gasteiger charge is 2.21. The third-order valence-corrected chi connectivity index (χ3v) is 1.91. The molecule has 1 amide bonds. The molecule has 1 aliphatic rings. The molecule has 0 unspecified atom stereocenters. The first-order valence-electron chi connectivity index (χ1n) is 3.76. The summed E-state index contributed by atoms with van der Waals surface area (Å²) in [7, 11) is 0. The number of nitrogens with one attached hydrogen (secondary N) is 1. The lowest BCUT2D eigenvalue weighted by atomic mass is 10.2. The van der Waals surface area contributed by atoms with Crippen LogP contribution < -0.4 is 5.32 Å². The van der Waals surface area contributed by atoms with E-state index in [4.69, 9.17) is 0 Å². The van der Waals surface area contributed by atoms with E-state index in [2.05, 4.69) is 12.2 Å². The molecule has 1 rings (SSSR count). The van der Waals surface area contributed by atoms with Gasteiger partial charge < -0.3 is 10.2 Å². The van der Waals surface area contributed by atoms with E-state index >= 15 is 0 Å². The molecule has 0 saturated carbocycles. The molecule has 0 radical (unpaired) electrons. The van der Waals surface area contributed by atoms with Crippen molar-refractivity contribution in [2.45, 2.75) is 19.9 Å². The third kappa shape index (κ3) is 1.29. The largest absolute Gasteiger partial charge is 0.338 e. The van der Waals surface area contributed by atoms with E-state index in [9.17, 15) is 4.79 Å². The topological polar surface area (TPSA) is 32.3 Å². The average molecular weight is 142 g/mol.